The minimum absolute atomic E-state index is 0.118. The number of nitrogens with zero attached hydrogens (tertiary/aromatic N) is 2. The second kappa shape index (κ2) is 6.55. The molecule has 2 rings (SSSR count). The number of amides is 2. The SMILES string of the molecule is CC1=NC(=O)NC(c2cccc([N+](=O)[O-])c2)C1C(=O)OC(C)C. The summed E-state index contributed by atoms with van der Waals surface area (Å²) in [5.74, 6) is -1.35. The molecule has 23 heavy (non-hydrogen) atoms. The van der Waals surface area contributed by atoms with Crippen LogP contribution in [0.5, 0.6) is 0 Å². The molecule has 1 aromatic rings. The van der Waals surface area contributed by atoms with E-state index in [0.717, 1.165) is 0 Å². The minimum Gasteiger partial charge on any atom is -0.462 e. The van der Waals surface area contributed by atoms with Crippen LogP contribution in [0.2, 0.25) is 0 Å². The van der Waals surface area contributed by atoms with Crippen LogP contribution in [0.15, 0.2) is 29.3 Å². The minimum atomic E-state index is -0.822. The van der Waals surface area contributed by atoms with Crippen molar-refractivity contribution in [2.24, 2.45) is 10.9 Å². The zero-order chi connectivity index (χ0) is 17.1. The second-order valence-corrected chi connectivity index (χ2v) is 5.50. The Labute approximate surface area is 132 Å². The van der Waals surface area contributed by atoms with Gasteiger partial charge in [0.2, 0.25) is 0 Å². The molecule has 1 aliphatic rings. The van der Waals surface area contributed by atoms with Crippen molar-refractivity contribution >= 4 is 23.4 Å². The summed E-state index contributed by atoms with van der Waals surface area (Å²) < 4.78 is 5.22. The highest BCUT2D eigenvalue weighted by atomic mass is 16.6. The Morgan fingerprint density at radius 2 is 2.13 bits per heavy atom. The van der Waals surface area contributed by atoms with Gasteiger partial charge in [-0.05, 0) is 26.3 Å². The van der Waals surface area contributed by atoms with E-state index in [-0.39, 0.29) is 11.8 Å². The Kier molecular flexibility index (Phi) is 4.73. The van der Waals surface area contributed by atoms with E-state index >= 15 is 0 Å². The van der Waals surface area contributed by atoms with Crippen LogP contribution >= 0.6 is 0 Å². The molecule has 0 saturated heterocycles. The quantitative estimate of drug-likeness (QED) is 0.520. The number of hydrogen-bond donors (Lipinski definition) is 1. The Hall–Kier alpha value is -2.77. The van der Waals surface area contributed by atoms with Gasteiger partial charge in [0.15, 0.2) is 0 Å². The highest BCUT2D eigenvalue weighted by Gasteiger charge is 2.38. The molecule has 0 radical (unpaired) electrons. The van der Waals surface area contributed by atoms with E-state index in [2.05, 4.69) is 10.3 Å². The van der Waals surface area contributed by atoms with E-state index in [1.807, 2.05) is 0 Å². The summed E-state index contributed by atoms with van der Waals surface area (Å²) in [6, 6.07) is 4.45. The molecule has 2 unspecified atom stereocenters. The fraction of sp³-hybridized carbons (Fsp3) is 0.400. The van der Waals surface area contributed by atoms with Crippen molar-refractivity contribution < 1.29 is 19.2 Å². The predicted molar refractivity (Wildman–Crippen MR) is 82.2 cm³/mol. The fourth-order valence-corrected chi connectivity index (χ4v) is 2.44. The van der Waals surface area contributed by atoms with Crippen molar-refractivity contribution in [3.63, 3.8) is 0 Å². The molecule has 1 heterocycles. The van der Waals surface area contributed by atoms with E-state index in [1.54, 1.807) is 26.8 Å². The molecule has 8 heteroatoms. The summed E-state index contributed by atoms with van der Waals surface area (Å²) in [6.07, 6.45) is -0.321. The summed E-state index contributed by atoms with van der Waals surface area (Å²) in [6.45, 7) is 5.00. The highest BCUT2D eigenvalue weighted by Crippen LogP contribution is 2.30. The maximum Gasteiger partial charge on any atom is 0.341 e. The van der Waals surface area contributed by atoms with Gasteiger partial charge in [0.05, 0.1) is 17.1 Å². The van der Waals surface area contributed by atoms with Gasteiger partial charge in [0.25, 0.3) is 5.69 Å². The summed E-state index contributed by atoms with van der Waals surface area (Å²) in [5.41, 5.74) is 0.649. The Morgan fingerprint density at radius 1 is 1.43 bits per heavy atom. The van der Waals surface area contributed by atoms with Gasteiger partial charge in [0.1, 0.15) is 5.92 Å². The van der Waals surface area contributed by atoms with Crippen LogP contribution in [-0.4, -0.2) is 28.7 Å². The monoisotopic (exact) mass is 319 g/mol. The molecule has 8 nitrogen and oxygen atoms in total. The lowest BCUT2D eigenvalue weighted by atomic mass is 9.88. The first kappa shape index (κ1) is 16.6. The number of non-ortho nitro benzene ring substituents is 1. The van der Waals surface area contributed by atoms with Crippen molar-refractivity contribution in [2.75, 3.05) is 0 Å². The van der Waals surface area contributed by atoms with Crippen LogP contribution in [0.3, 0.4) is 0 Å². The smallest absolute Gasteiger partial charge is 0.341 e. The number of rotatable bonds is 4. The molecule has 2 atom stereocenters. The van der Waals surface area contributed by atoms with Gasteiger partial charge in [-0.2, -0.15) is 0 Å². The zero-order valence-corrected chi connectivity index (χ0v) is 13.0. The molecule has 0 fully saturated rings. The van der Waals surface area contributed by atoms with Gasteiger partial charge in [0, 0.05) is 17.8 Å². The van der Waals surface area contributed by atoms with Crippen molar-refractivity contribution in [1.29, 1.82) is 0 Å². The topological polar surface area (TPSA) is 111 Å². The van der Waals surface area contributed by atoms with Gasteiger partial charge in [-0.1, -0.05) is 12.1 Å². The van der Waals surface area contributed by atoms with Gasteiger partial charge in [-0.15, -0.1) is 0 Å². The molecule has 0 bridgehead atoms. The zero-order valence-electron chi connectivity index (χ0n) is 13.0. The number of aliphatic imine (C=N–C) groups is 1. The molecule has 0 spiro atoms. The Morgan fingerprint density at radius 3 is 2.74 bits per heavy atom. The van der Waals surface area contributed by atoms with Crippen LogP contribution in [0.4, 0.5) is 10.5 Å². The number of nitro benzene ring substituents is 1. The van der Waals surface area contributed by atoms with Crippen molar-refractivity contribution in [2.45, 2.75) is 32.9 Å². The number of esters is 1. The van der Waals surface area contributed by atoms with Crippen molar-refractivity contribution in [3.8, 4) is 0 Å². The maximum atomic E-state index is 12.3. The summed E-state index contributed by atoms with van der Waals surface area (Å²) in [7, 11) is 0. The normalized spacial score (nSPS) is 20.7. The van der Waals surface area contributed by atoms with Crippen LogP contribution in [0.25, 0.3) is 0 Å². The van der Waals surface area contributed by atoms with E-state index in [0.29, 0.717) is 11.3 Å². The van der Waals surface area contributed by atoms with Crippen molar-refractivity contribution in [1.82, 2.24) is 5.32 Å². The first-order valence-electron chi connectivity index (χ1n) is 7.10. The molecule has 1 aromatic carbocycles. The first-order valence-corrected chi connectivity index (χ1v) is 7.10. The highest BCUT2D eigenvalue weighted by molar-refractivity contribution is 6.08. The molecule has 1 aliphatic heterocycles. The number of nitrogens with one attached hydrogen (secondary N) is 1. The fourth-order valence-electron chi connectivity index (χ4n) is 2.44. The predicted octanol–water partition coefficient (Wildman–Crippen LogP) is 2.39. The van der Waals surface area contributed by atoms with Crippen molar-refractivity contribution in [3.05, 3.63) is 39.9 Å². The lowest BCUT2D eigenvalue weighted by molar-refractivity contribution is -0.384. The number of urea groups is 1. The Bertz CT molecular complexity index is 683. The number of carbonyl (C=O) groups excluding carboxylic acids is 2. The standard InChI is InChI=1S/C15H17N3O5/c1-8(2)23-14(19)12-9(3)16-15(20)17-13(12)10-5-4-6-11(7-10)18(21)22/h4-8,12-13H,1-3H3,(H,17,20). The summed E-state index contributed by atoms with van der Waals surface area (Å²) in [4.78, 5) is 38.2. The summed E-state index contributed by atoms with van der Waals surface area (Å²) >= 11 is 0. The van der Waals surface area contributed by atoms with E-state index < -0.39 is 28.9 Å². The van der Waals surface area contributed by atoms with Crippen LogP contribution in [0, 0.1) is 16.0 Å². The average Bonchev–Trinajstić information content (AvgIpc) is 2.45. The number of carbonyl (C=O) groups is 2. The van der Waals surface area contributed by atoms with E-state index in [9.17, 15) is 19.7 Å². The molecule has 1 N–H and O–H groups in total. The third-order valence-electron chi connectivity index (χ3n) is 3.39. The number of hydrogen-bond acceptors (Lipinski definition) is 5. The van der Waals surface area contributed by atoms with Crippen LogP contribution in [-0.2, 0) is 9.53 Å². The third-order valence-corrected chi connectivity index (χ3v) is 3.39. The van der Waals surface area contributed by atoms with E-state index in [1.165, 1.54) is 18.2 Å². The lowest BCUT2D eigenvalue weighted by Gasteiger charge is -2.30. The second-order valence-electron chi connectivity index (χ2n) is 5.50. The van der Waals surface area contributed by atoms with Gasteiger partial charge in [-0.3, -0.25) is 14.9 Å². The summed E-state index contributed by atoms with van der Waals surface area (Å²) in [5, 5.41) is 13.5. The van der Waals surface area contributed by atoms with E-state index in [4.69, 9.17) is 4.74 Å². The number of benzene rings is 1. The Balaban J connectivity index is 2.42. The van der Waals surface area contributed by atoms with Gasteiger partial charge in [-0.25, -0.2) is 9.79 Å². The van der Waals surface area contributed by atoms with Gasteiger partial charge < -0.3 is 10.1 Å². The lowest BCUT2D eigenvalue weighted by Crippen LogP contribution is -2.44. The molecule has 0 saturated carbocycles. The number of nitro groups is 1. The molecule has 0 aliphatic carbocycles. The molecule has 2 amide bonds. The molecule has 0 aromatic heterocycles. The number of ether oxygens (including phenoxy) is 1. The average molecular weight is 319 g/mol. The van der Waals surface area contributed by atoms with Crippen LogP contribution < -0.4 is 5.32 Å². The largest absolute Gasteiger partial charge is 0.462 e. The molecule has 122 valence electrons. The third kappa shape index (κ3) is 3.71. The first-order chi connectivity index (χ1) is 10.8. The van der Waals surface area contributed by atoms with Gasteiger partial charge >= 0.3 is 12.0 Å². The molecular formula is C15H17N3O5. The van der Waals surface area contributed by atoms with Crippen LogP contribution in [0.1, 0.15) is 32.4 Å². The molecular weight excluding hydrogens is 302 g/mol. The maximum absolute atomic E-state index is 12.3.